The highest BCUT2D eigenvalue weighted by Gasteiger charge is 2.59. The van der Waals surface area contributed by atoms with Crippen molar-refractivity contribution < 1.29 is 0 Å². The van der Waals surface area contributed by atoms with Crippen LogP contribution in [0.5, 0.6) is 0 Å². The Hall–Kier alpha value is -5.77. The SMILES string of the molecule is CCCCC1(CCCC)C2=CC3C(C=C2c2ccc(-n4c5ccccc5c5ccccc54)cc21)CC(C)C3[Si](C)(C)N(C(C)(C)C)C(C)(C)C.CCCCC1(CCCC)C2=CC3C(C=C2c2ccc(-n4c5ccccc5c5ccccc54)cc21)CCC3[Si](C)(C)N(C(C)(C)C)C(C)(C)C. The van der Waals surface area contributed by atoms with Crippen LogP contribution >= 0.6 is 0 Å². The first-order chi connectivity index (χ1) is 46.9. The molecule has 99 heavy (non-hydrogen) atoms. The van der Waals surface area contributed by atoms with E-state index in [-0.39, 0.29) is 33.0 Å². The minimum atomic E-state index is -1.90. The number of para-hydroxylation sites is 4. The average Bonchev–Trinajstić information content (AvgIpc) is 1.55. The first-order valence-corrected chi connectivity index (χ1v) is 45.7. The summed E-state index contributed by atoms with van der Waals surface area (Å²) in [6, 6.07) is 51.1. The van der Waals surface area contributed by atoms with E-state index >= 15 is 0 Å². The lowest BCUT2D eigenvalue weighted by Crippen LogP contribution is -2.67. The van der Waals surface area contributed by atoms with Crippen molar-refractivity contribution in [3.63, 3.8) is 0 Å². The van der Waals surface area contributed by atoms with Crippen LogP contribution in [0.2, 0.25) is 37.3 Å². The van der Waals surface area contributed by atoms with Crippen LogP contribution in [0.3, 0.4) is 0 Å². The Balaban J connectivity index is 0.000000178. The Bertz CT molecular complexity index is 4290. The molecule has 14 rings (SSSR count). The van der Waals surface area contributed by atoms with Gasteiger partial charge in [-0.05, 0) is 255 Å². The molecular formula is C93H126N4Si2. The molecule has 0 N–H and O–H groups in total. The van der Waals surface area contributed by atoms with Crippen LogP contribution in [-0.4, -0.2) is 56.9 Å². The maximum atomic E-state index is 3.00. The summed E-state index contributed by atoms with van der Waals surface area (Å²) >= 11 is 0. The predicted octanol–water partition coefficient (Wildman–Crippen LogP) is 26.7. The quantitative estimate of drug-likeness (QED) is 0.0796. The third kappa shape index (κ3) is 12.1. The monoisotopic (exact) mass is 1350 g/mol. The largest absolute Gasteiger partial charge is 0.314 e. The summed E-state index contributed by atoms with van der Waals surface area (Å²) in [5.74, 6) is 3.26. The molecule has 6 heteroatoms. The second-order valence-electron chi connectivity index (χ2n) is 37.2. The fourth-order valence-electron chi connectivity index (χ4n) is 24.1. The van der Waals surface area contributed by atoms with Crippen molar-refractivity contribution in [1.29, 1.82) is 0 Å². The molecule has 0 bridgehead atoms. The minimum Gasteiger partial charge on any atom is -0.314 e. The van der Waals surface area contributed by atoms with Crippen molar-refractivity contribution in [2.45, 2.75) is 284 Å². The Morgan fingerprint density at radius 2 is 0.758 bits per heavy atom. The van der Waals surface area contributed by atoms with Crippen molar-refractivity contribution in [3.05, 3.63) is 191 Å². The lowest BCUT2D eigenvalue weighted by molar-refractivity contribution is 0.121. The molecule has 6 aromatic carbocycles. The molecule has 2 heterocycles. The van der Waals surface area contributed by atoms with Crippen molar-refractivity contribution >= 4 is 71.2 Å². The van der Waals surface area contributed by atoms with Crippen molar-refractivity contribution in [2.24, 2.45) is 29.6 Å². The number of hydrogen-bond donors (Lipinski definition) is 0. The maximum Gasteiger partial charge on any atom is 0.127 e. The number of nitrogens with zero attached hydrogens (tertiary/aromatic N) is 4. The molecule has 7 unspecified atom stereocenters. The van der Waals surface area contributed by atoms with Gasteiger partial charge in [-0.3, -0.25) is 0 Å². The highest BCUT2D eigenvalue weighted by Crippen LogP contribution is 2.65. The van der Waals surface area contributed by atoms with E-state index in [1.54, 1.807) is 33.4 Å². The molecule has 8 aromatic rings. The molecule has 6 aliphatic rings. The van der Waals surface area contributed by atoms with E-state index in [0.29, 0.717) is 23.7 Å². The van der Waals surface area contributed by atoms with E-state index in [2.05, 4.69) is 320 Å². The van der Waals surface area contributed by atoms with Gasteiger partial charge in [-0.1, -0.05) is 228 Å². The molecule has 4 nitrogen and oxygen atoms in total. The lowest BCUT2D eigenvalue weighted by Gasteiger charge is -2.57. The number of fused-ring (bicyclic) bond motifs is 14. The fraction of sp³-hybridized carbons (Fsp3) is 0.527. The zero-order chi connectivity index (χ0) is 70.7. The standard InChI is InChI=1S/C47H64N2Si.C46H62N2Si/c1-12-14-26-47(27-15-13-2)40-30-34(48-42-22-18-16-20-36(42)37-21-17-19-23-43(37)48)24-25-35(40)39-29-33-28-32(3)44(38(33)31-41(39)47)50(10,11)49(45(4,5)6)46(7,8)9;1-11-13-27-46(28-14-12-2)39-30-33(47-41-21-17-15-19-35(41)36-20-16-18-22-42(36)47)24-25-34(39)38-29-32-23-26-43(37(32)31-40(38)46)49(9,10)48(44(3,4)5)45(6,7)8/h16-25,29-33,38,44H,12-15,26-28H2,1-11H3;15-22,24-25,29-32,37,43H,11-14,23,26-28H2,1-10H3. The van der Waals surface area contributed by atoms with Crippen LogP contribution in [0.4, 0.5) is 0 Å². The Morgan fingerprint density at radius 3 is 1.12 bits per heavy atom. The van der Waals surface area contributed by atoms with Gasteiger partial charge in [0.25, 0.3) is 0 Å². The molecule has 2 aromatic heterocycles. The van der Waals surface area contributed by atoms with Crippen molar-refractivity contribution in [3.8, 4) is 11.4 Å². The fourth-order valence-corrected chi connectivity index (χ4v) is 36.6. The van der Waals surface area contributed by atoms with Crippen LogP contribution in [0.1, 0.15) is 236 Å². The first-order valence-electron chi connectivity index (χ1n) is 39.7. The van der Waals surface area contributed by atoms with E-state index in [9.17, 15) is 0 Å². The number of benzene rings is 6. The first kappa shape index (κ1) is 71.6. The minimum absolute atomic E-state index is 0.0722. The van der Waals surface area contributed by atoms with Gasteiger partial charge in [0.15, 0.2) is 0 Å². The van der Waals surface area contributed by atoms with E-state index in [1.165, 1.54) is 162 Å². The molecule has 6 aliphatic carbocycles. The summed E-state index contributed by atoms with van der Waals surface area (Å²) < 4.78 is 11.1. The van der Waals surface area contributed by atoms with Gasteiger partial charge in [-0.25, -0.2) is 0 Å². The van der Waals surface area contributed by atoms with Crippen LogP contribution in [0.15, 0.2) is 169 Å². The van der Waals surface area contributed by atoms with Crippen LogP contribution in [0.25, 0.3) is 66.1 Å². The number of unbranched alkanes of at least 4 members (excludes halogenated alkanes) is 4. The lowest BCUT2D eigenvalue weighted by atomic mass is 9.68. The molecule has 0 spiro atoms. The van der Waals surface area contributed by atoms with Gasteiger partial charge < -0.3 is 18.3 Å². The van der Waals surface area contributed by atoms with E-state index in [4.69, 9.17) is 0 Å². The van der Waals surface area contributed by atoms with E-state index < -0.39 is 16.5 Å². The highest BCUT2D eigenvalue weighted by atomic mass is 28.3. The summed E-state index contributed by atoms with van der Waals surface area (Å²) in [4.78, 5) is 0. The summed E-state index contributed by atoms with van der Waals surface area (Å²) in [6.45, 7) is 52.5. The average molecular weight is 1360 g/mol. The summed E-state index contributed by atoms with van der Waals surface area (Å²) in [7, 11) is -3.75. The number of hydrogen-bond acceptors (Lipinski definition) is 2. The van der Waals surface area contributed by atoms with Gasteiger partial charge in [0, 0.05) is 65.9 Å². The molecule has 0 amide bonds. The summed E-state index contributed by atoms with van der Waals surface area (Å²) in [5, 5.41) is 5.35. The van der Waals surface area contributed by atoms with Gasteiger partial charge in [0.2, 0.25) is 0 Å². The molecule has 7 atom stereocenters. The number of allylic oxidation sites excluding steroid dienone is 8. The summed E-state index contributed by atoms with van der Waals surface area (Å²) in [6.07, 6.45) is 30.4. The van der Waals surface area contributed by atoms with Gasteiger partial charge >= 0.3 is 0 Å². The second kappa shape index (κ2) is 26.5. The molecule has 0 saturated heterocycles. The van der Waals surface area contributed by atoms with Crippen LogP contribution in [0, 0.1) is 29.6 Å². The predicted molar refractivity (Wildman–Crippen MR) is 437 cm³/mol. The second-order valence-corrected chi connectivity index (χ2v) is 46.1. The van der Waals surface area contributed by atoms with Crippen LogP contribution in [-0.2, 0) is 10.8 Å². The van der Waals surface area contributed by atoms with Gasteiger partial charge in [-0.2, -0.15) is 0 Å². The van der Waals surface area contributed by atoms with Crippen molar-refractivity contribution in [2.75, 3.05) is 0 Å². The zero-order valence-electron chi connectivity index (χ0n) is 65.4. The van der Waals surface area contributed by atoms with E-state index in [0.717, 1.165) is 17.0 Å². The van der Waals surface area contributed by atoms with Gasteiger partial charge in [0.05, 0.1) is 22.1 Å². The molecule has 2 fully saturated rings. The maximum absolute atomic E-state index is 3.00. The molecule has 526 valence electrons. The third-order valence-corrected chi connectivity index (χ3v) is 35.8. The molecular weight excluding hydrogens is 1230 g/mol. The van der Waals surface area contributed by atoms with Gasteiger partial charge in [-0.15, -0.1) is 0 Å². The normalized spacial score (nSPS) is 22.6. The Morgan fingerprint density at radius 1 is 0.414 bits per heavy atom. The number of rotatable bonds is 18. The molecule has 0 aliphatic heterocycles. The smallest absolute Gasteiger partial charge is 0.127 e. The van der Waals surface area contributed by atoms with Crippen LogP contribution < -0.4 is 0 Å². The number of aromatic nitrogens is 2. The van der Waals surface area contributed by atoms with E-state index in [1.807, 2.05) is 0 Å². The third-order valence-electron chi connectivity index (χ3n) is 25.7. The highest BCUT2D eigenvalue weighted by molar-refractivity contribution is 6.77. The van der Waals surface area contributed by atoms with Crippen molar-refractivity contribution in [1.82, 2.24) is 18.3 Å². The Labute approximate surface area is 602 Å². The molecule has 2 saturated carbocycles. The summed E-state index contributed by atoms with van der Waals surface area (Å²) in [5.41, 5.74) is 22.8. The zero-order valence-corrected chi connectivity index (χ0v) is 67.4. The Kier molecular flexibility index (Phi) is 19.2. The van der Waals surface area contributed by atoms with Gasteiger partial charge in [0.1, 0.15) is 16.5 Å². The molecule has 0 radical (unpaired) electrons. The topological polar surface area (TPSA) is 16.3 Å².